The van der Waals surface area contributed by atoms with E-state index >= 15 is 0 Å². The number of nitrogens with one attached hydrogen (secondary N) is 1. The highest BCUT2D eigenvalue weighted by Crippen LogP contribution is 2.31. The fraction of sp³-hybridized carbons (Fsp3) is 0.381. The number of carbonyl (C=O) groups excluding carboxylic acids is 1. The molecule has 3 aromatic rings. The Bertz CT molecular complexity index is 1030. The molecule has 1 fully saturated rings. The van der Waals surface area contributed by atoms with Crippen LogP contribution in [0, 0.1) is 18.7 Å². The minimum atomic E-state index is -0.321. The fourth-order valence-corrected chi connectivity index (χ4v) is 4.26. The van der Waals surface area contributed by atoms with E-state index in [0.717, 1.165) is 19.3 Å². The van der Waals surface area contributed by atoms with Crippen molar-refractivity contribution in [2.75, 3.05) is 0 Å². The number of pyridine rings is 1. The molecule has 1 saturated carbocycles. The molecule has 1 aliphatic carbocycles. The third-order valence-corrected chi connectivity index (χ3v) is 5.94. The van der Waals surface area contributed by atoms with Crippen LogP contribution >= 0.6 is 11.6 Å². The van der Waals surface area contributed by atoms with Gasteiger partial charge in [0.2, 0.25) is 0 Å². The van der Waals surface area contributed by atoms with Crippen LogP contribution in [0.15, 0.2) is 30.5 Å². The van der Waals surface area contributed by atoms with E-state index in [1.165, 1.54) is 24.8 Å². The lowest BCUT2D eigenvalue weighted by Crippen LogP contribution is -2.41. The van der Waals surface area contributed by atoms with Gasteiger partial charge in [-0.15, -0.1) is 0 Å². The molecule has 0 saturated heterocycles. The summed E-state index contributed by atoms with van der Waals surface area (Å²) < 4.78 is 14.8. The molecule has 7 heteroatoms. The molecule has 28 heavy (non-hydrogen) atoms. The van der Waals surface area contributed by atoms with E-state index in [-0.39, 0.29) is 17.8 Å². The number of hydrogen-bond acceptors (Lipinski definition) is 3. The number of benzene rings is 1. The van der Waals surface area contributed by atoms with Gasteiger partial charge in [0.1, 0.15) is 5.82 Å². The zero-order valence-corrected chi connectivity index (χ0v) is 16.6. The predicted octanol–water partition coefficient (Wildman–Crippen LogP) is 4.83. The monoisotopic (exact) mass is 400 g/mol. The van der Waals surface area contributed by atoms with Gasteiger partial charge in [0.05, 0.1) is 27.4 Å². The van der Waals surface area contributed by atoms with Crippen LogP contribution in [0.25, 0.3) is 16.7 Å². The number of nitrogens with zero attached hydrogens (tertiary/aromatic N) is 3. The standard InChI is InChI=1S/C21H22ClFN4O/c1-12-5-3-4-6-17(12)25-21(28)16-11-24-20-18(19(16)22)13(2)26-27(20)15-9-7-14(23)8-10-15/h7-12,17H,3-6H2,1-2H3,(H,25,28)/t12-,17+/m1/s1. The number of amides is 1. The number of halogens is 2. The molecule has 5 nitrogen and oxygen atoms in total. The van der Waals surface area contributed by atoms with Crippen LogP contribution in [-0.2, 0) is 0 Å². The molecule has 2 aromatic heterocycles. The lowest BCUT2D eigenvalue weighted by atomic mass is 9.86. The number of hydrogen-bond donors (Lipinski definition) is 1. The normalized spacial score (nSPS) is 19.7. The van der Waals surface area contributed by atoms with Crippen molar-refractivity contribution in [3.63, 3.8) is 0 Å². The second kappa shape index (κ2) is 7.51. The summed E-state index contributed by atoms with van der Waals surface area (Å²) in [6.45, 7) is 3.99. The molecule has 1 N–H and O–H groups in total. The molecular weight excluding hydrogens is 379 g/mol. The first-order chi connectivity index (χ1) is 13.5. The molecule has 0 radical (unpaired) electrons. The van der Waals surface area contributed by atoms with Crippen molar-refractivity contribution in [3.8, 4) is 5.69 Å². The van der Waals surface area contributed by atoms with Gasteiger partial charge in [0.25, 0.3) is 5.91 Å². The molecule has 146 valence electrons. The Labute approximate surface area is 167 Å². The molecule has 0 unspecified atom stereocenters. The molecule has 1 aromatic carbocycles. The van der Waals surface area contributed by atoms with E-state index in [9.17, 15) is 9.18 Å². The second-order valence-electron chi connectivity index (χ2n) is 7.50. The lowest BCUT2D eigenvalue weighted by molar-refractivity contribution is 0.0910. The van der Waals surface area contributed by atoms with Crippen molar-refractivity contribution in [3.05, 3.63) is 52.6 Å². The maximum absolute atomic E-state index is 13.2. The van der Waals surface area contributed by atoms with Crippen LogP contribution in [0.5, 0.6) is 0 Å². The number of carbonyl (C=O) groups is 1. The summed E-state index contributed by atoms with van der Waals surface area (Å²) in [5.41, 5.74) is 2.24. The third kappa shape index (κ3) is 3.37. The molecule has 1 aliphatic rings. The Kier molecular flexibility index (Phi) is 5.06. The summed E-state index contributed by atoms with van der Waals surface area (Å²) in [4.78, 5) is 17.3. The zero-order valence-electron chi connectivity index (χ0n) is 15.9. The quantitative estimate of drug-likeness (QED) is 0.685. The van der Waals surface area contributed by atoms with Crippen molar-refractivity contribution in [2.45, 2.75) is 45.6 Å². The van der Waals surface area contributed by atoms with E-state index in [1.807, 2.05) is 6.92 Å². The molecule has 2 atom stereocenters. The average molecular weight is 401 g/mol. The topological polar surface area (TPSA) is 59.8 Å². The van der Waals surface area contributed by atoms with E-state index in [2.05, 4.69) is 22.3 Å². The summed E-state index contributed by atoms with van der Waals surface area (Å²) in [5, 5.41) is 8.60. The average Bonchev–Trinajstić information content (AvgIpc) is 3.02. The van der Waals surface area contributed by atoms with E-state index in [1.54, 1.807) is 16.8 Å². The summed E-state index contributed by atoms with van der Waals surface area (Å²) in [6.07, 6.45) is 5.95. The molecule has 0 bridgehead atoms. The summed E-state index contributed by atoms with van der Waals surface area (Å²) in [5.74, 6) is -0.0676. The first-order valence-corrected chi connectivity index (χ1v) is 9.94. The van der Waals surface area contributed by atoms with Crippen LogP contribution in [0.2, 0.25) is 5.02 Å². The molecule has 0 spiro atoms. The zero-order chi connectivity index (χ0) is 19.8. The van der Waals surface area contributed by atoms with Gasteiger partial charge in [-0.3, -0.25) is 4.79 Å². The highest BCUT2D eigenvalue weighted by molar-refractivity contribution is 6.38. The molecule has 0 aliphatic heterocycles. The van der Waals surface area contributed by atoms with Gasteiger partial charge in [-0.25, -0.2) is 14.1 Å². The Morgan fingerprint density at radius 1 is 1.25 bits per heavy atom. The first-order valence-electron chi connectivity index (χ1n) is 9.56. The maximum atomic E-state index is 13.2. The van der Waals surface area contributed by atoms with Gasteiger partial charge in [-0.05, 0) is 49.9 Å². The van der Waals surface area contributed by atoms with E-state index in [4.69, 9.17) is 11.6 Å². The smallest absolute Gasteiger partial charge is 0.254 e. The Hall–Kier alpha value is -2.47. The second-order valence-corrected chi connectivity index (χ2v) is 7.88. The van der Waals surface area contributed by atoms with Gasteiger partial charge in [0, 0.05) is 12.2 Å². The van der Waals surface area contributed by atoms with Gasteiger partial charge < -0.3 is 5.32 Å². The number of fused-ring (bicyclic) bond motifs is 1. The fourth-order valence-electron chi connectivity index (χ4n) is 3.91. The molecule has 1 amide bonds. The Morgan fingerprint density at radius 2 is 1.96 bits per heavy atom. The van der Waals surface area contributed by atoms with Crippen molar-refractivity contribution < 1.29 is 9.18 Å². The van der Waals surface area contributed by atoms with Gasteiger partial charge in [-0.1, -0.05) is 31.4 Å². The highest BCUT2D eigenvalue weighted by Gasteiger charge is 2.26. The number of rotatable bonds is 3. The van der Waals surface area contributed by atoms with Gasteiger partial charge in [0.15, 0.2) is 5.65 Å². The highest BCUT2D eigenvalue weighted by atomic mass is 35.5. The van der Waals surface area contributed by atoms with Crippen LogP contribution in [0.4, 0.5) is 4.39 Å². The third-order valence-electron chi connectivity index (χ3n) is 5.55. The SMILES string of the molecule is Cc1nn(-c2ccc(F)cc2)c2ncc(C(=O)N[C@H]3CCCC[C@H]3C)c(Cl)c12. The van der Waals surface area contributed by atoms with Crippen molar-refractivity contribution in [1.29, 1.82) is 0 Å². The largest absolute Gasteiger partial charge is 0.349 e. The Morgan fingerprint density at radius 3 is 2.68 bits per heavy atom. The van der Waals surface area contributed by atoms with Crippen LogP contribution in [0.1, 0.15) is 48.7 Å². The first kappa shape index (κ1) is 18.9. The van der Waals surface area contributed by atoms with E-state index < -0.39 is 0 Å². The van der Waals surface area contributed by atoms with Gasteiger partial charge >= 0.3 is 0 Å². The van der Waals surface area contributed by atoms with Crippen molar-refractivity contribution in [1.82, 2.24) is 20.1 Å². The molecule has 2 heterocycles. The van der Waals surface area contributed by atoms with Crippen LogP contribution in [-0.4, -0.2) is 26.7 Å². The molecular formula is C21H22ClFN4O. The molecule has 4 rings (SSSR count). The number of aryl methyl sites for hydroxylation is 1. The number of aromatic nitrogens is 3. The van der Waals surface area contributed by atoms with Crippen molar-refractivity contribution >= 4 is 28.5 Å². The lowest BCUT2D eigenvalue weighted by Gasteiger charge is -2.29. The van der Waals surface area contributed by atoms with Crippen LogP contribution in [0.3, 0.4) is 0 Å². The summed E-state index contributed by atoms with van der Waals surface area (Å²) in [7, 11) is 0. The van der Waals surface area contributed by atoms with Crippen molar-refractivity contribution in [2.24, 2.45) is 5.92 Å². The predicted molar refractivity (Wildman–Crippen MR) is 107 cm³/mol. The minimum absolute atomic E-state index is 0.163. The summed E-state index contributed by atoms with van der Waals surface area (Å²) in [6, 6.07) is 6.15. The summed E-state index contributed by atoms with van der Waals surface area (Å²) >= 11 is 6.61. The van der Waals surface area contributed by atoms with Crippen LogP contribution < -0.4 is 5.32 Å². The maximum Gasteiger partial charge on any atom is 0.254 e. The van der Waals surface area contributed by atoms with E-state index in [0.29, 0.717) is 38.9 Å². The van der Waals surface area contributed by atoms with Gasteiger partial charge in [-0.2, -0.15) is 5.10 Å². The Balaban J connectivity index is 1.70. The minimum Gasteiger partial charge on any atom is -0.349 e.